The maximum atomic E-state index is 11.6. The van der Waals surface area contributed by atoms with Crippen molar-refractivity contribution in [3.05, 3.63) is 0 Å². The molecule has 6 nitrogen and oxygen atoms in total. The summed E-state index contributed by atoms with van der Waals surface area (Å²) >= 11 is 0. The van der Waals surface area contributed by atoms with Gasteiger partial charge < -0.3 is 20.3 Å². The third-order valence-electron chi connectivity index (χ3n) is 2.33. The van der Waals surface area contributed by atoms with E-state index in [1.807, 2.05) is 6.92 Å². The monoisotopic (exact) mass is 229 g/mol. The number of nitrogens with one attached hydrogen (secondary N) is 2. The molecule has 0 aromatic rings. The predicted molar refractivity (Wildman–Crippen MR) is 59.0 cm³/mol. The Bertz CT molecular complexity index is 239. The van der Waals surface area contributed by atoms with Crippen LogP contribution in [0.15, 0.2) is 0 Å². The zero-order valence-electron chi connectivity index (χ0n) is 9.62. The maximum absolute atomic E-state index is 11.6. The van der Waals surface area contributed by atoms with E-state index in [4.69, 9.17) is 4.74 Å². The third kappa shape index (κ3) is 4.16. The number of hydrogen-bond donors (Lipinski definition) is 2. The summed E-state index contributed by atoms with van der Waals surface area (Å²) < 4.78 is 5.06. The molecule has 0 atom stereocenters. The molecule has 6 heteroatoms. The number of rotatable bonds is 4. The Hall–Kier alpha value is -1.14. The van der Waals surface area contributed by atoms with Crippen LogP contribution in [0, 0.1) is 0 Å². The molecule has 1 aliphatic rings. The van der Waals surface area contributed by atoms with Gasteiger partial charge in [0.05, 0.1) is 6.61 Å². The van der Waals surface area contributed by atoms with Crippen molar-refractivity contribution in [3.8, 4) is 0 Å². The van der Waals surface area contributed by atoms with Crippen LogP contribution in [0.2, 0.25) is 0 Å². The van der Waals surface area contributed by atoms with Crippen LogP contribution < -0.4 is 10.6 Å². The fraction of sp³-hybridized carbons (Fsp3) is 0.800. The van der Waals surface area contributed by atoms with Gasteiger partial charge in [0.25, 0.3) is 0 Å². The molecule has 0 bridgehead atoms. The van der Waals surface area contributed by atoms with Gasteiger partial charge in [-0.25, -0.2) is 0 Å². The lowest BCUT2D eigenvalue weighted by atomic mass is 10.3. The van der Waals surface area contributed by atoms with E-state index < -0.39 is 11.8 Å². The van der Waals surface area contributed by atoms with Crippen molar-refractivity contribution >= 4 is 11.8 Å². The molecule has 0 saturated carbocycles. The van der Waals surface area contributed by atoms with Gasteiger partial charge in [-0.3, -0.25) is 9.59 Å². The summed E-state index contributed by atoms with van der Waals surface area (Å²) in [6.45, 7) is 6.00. The molecule has 2 N–H and O–H groups in total. The van der Waals surface area contributed by atoms with Crippen molar-refractivity contribution in [1.29, 1.82) is 0 Å². The summed E-state index contributed by atoms with van der Waals surface area (Å²) in [5.74, 6) is -0.986. The number of piperazine rings is 1. The number of carbonyl (C=O) groups excluding carboxylic acids is 2. The summed E-state index contributed by atoms with van der Waals surface area (Å²) in [6.07, 6.45) is 0. The number of hydrogen-bond acceptors (Lipinski definition) is 4. The van der Waals surface area contributed by atoms with Crippen LogP contribution in [-0.2, 0) is 14.3 Å². The van der Waals surface area contributed by atoms with E-state index in [1.165, 1.54) is 0 Å². The molecule has 0 unspecified atom stereocenters. The highest BCUT2D eigenvalue weighted by molar-refractivity contribution is 6.35. The Morgan fingerprint density at radius 1 is 1.38 bits per heavy atom. The average molecular weight is 229 g/mol. The van der Waals surface area contributed by atoms with Crippen molar-refractivity contribution in [2.75, 3.05) is 45.9 Å². The molecule has 1 saturated heterocycles. The standard InChI is InChI=1S/C10H19N3O3/c1-2-16-8-5-12-9(14)10(15)13-6-3-11-4-7-13/h11H,2-8H2,1H3,(H,12,14). The Kier molecular flexibility index (Phi) is 5.81. The molecule has 16 heavy (non-hydrogen) atoms. The zero-order chi connectivity index (χ0) is 11.8. The normalized spacial score (nSPS) is 15.9. The van der Waals surface area contributed by atoms with E-state index in [1.54, 1.807) is 4.90 Å². The van der Waals surface area contributed by atoms with Gasteiger partial charge in [-0.2, -0.15) is 0 Å². The van der Waals surface area contributed by atoms with E-state index in [2.05, 4.69) is 10.6 Å². The second-order valence-corrected chi connectivity index (χ2v) is 3.50. The number of nitrogens with zero attached hydrogens (tertiary/aromatic N) is 1. The largest absolute Gasteiger partial charge is 0.380 e. The SMILES string of the molecule is CCOCCNC(=O)C(=O)N1CCNCC1. The fourth-order valence-corrected chi connectivity index (χ4v) is 1.47. The Balaban J connectivity index is 2.21. The van der Waals surface area contributed by atoms with Crippen LogP contribution in [0.4, 0.5) is 0 Å². The zero-order valence-corrected chi connectivity index (χ0v) is 9.62. The Morgan fingerprint density at radius 2 is 2.06 bits per heavy atom. The van der Waals surface area contributed by atoms with Gasteiger partial charge in [0.1, 0.15) is 0 Å². The minimum Gasteiger partial charge on any atom is -0.380 e. The minimum absolute atomic E-state index is 0.379. The van der Waals surface area contributed by atoms with Crippen LogP contribution in [0.25, 0.3) is 0 Å². The first-order valence-electron chi connectivity index (χ1n) is 5.61. The topological polar surface area (TPSA) is 70.7 Å². The highest BCUT2D eigenvalue weighted by atomic mass is 16.5. The van der Waals surface area contributed by atoms with Crippen molar-refractivity contribution in [2.45, 2.75) is 6.92 Å². The summed E-state index contributed by atoms with van der Waals surface area (Å²) in [7, 11) is 0. The lowest BCUT2D eigenvalue weighted by molar-refractivity contribution is -0.146. The lowest BCUT2D eigenvalue weighted by Gasteiger charge is -2.26. The van der Waals surface area contributed by atoms with Crippen molar-refractivity contribution in [2.24, 2.45) is 0 Å². The number of amides is 2. The smallest absolute Gasteiger partial charge is 0.311 e. The van der Waals surface area contributed by atoms with Gasteiger partial charge in [0.15, 0.2) is 0 Å². The molecule has 0 aromatic heterocycles. The molecule has 1 rings (SSSR count). The van der Waals surface area contributed by atoms with E-state index in [0.717, 1.165) is 13.1 Å². The van der Waals surface area contributed by atoms with E-state index in [-0.39, 0.29) is 0 Å². The highest BCUT2D eigenvalue weighted by Gasteiger charge is 2.22. The average Bonchev–Trinajstić information content (AvgIpc) is 2.34. The predicted octanol–water partition coefficient (Wildman–Crippen LogP) is -1.43. The third-order valence-corrected chi connectivity index (χ3v) is 2.33. The molecule has 2 amide bonds. The first-order valence-corrected chi connectivity index (χ1v) is 5.61. The quantitative estimate of drug-likeness (QED) is 0.458. The summed E-state index contributed by atoms with van der Waals surface area (Å²) in [4.78, 5) is 24.6. The minimum atomic E-state index is -0.540. The van der Waals surface area contributed by atoms with Gasteiger partial charge in [0.2, 0.25) is 0 Å². The Morgan fingerprint density at radius 3 is 2.69 bits per heavy atom. The number of carbonyl (C=O) groups is 2. The second-order valence-electron chi connectivity index (χ2n) is 3.50. The van der Waals surface area contributed by atoms with E-state index >= 15 is 0 Å². The molecular formula is C10H19N3O3. The molecule has 0 aromatic carbocycles. The molecule has 0 spiro atoms. The van der Waals surface area contributed by atoms with E-state index in [9.17, 15) is 9.59 Å². The van der Waals surface area contributed by atoms with Crippen LogP contribution in [-0.4, -0.2) is 62.7 Å². The molecule has 0 aliphatic carbocycles. The molecule has 1 fully saturated rings. The van der Waals surface area contributed by atoms with Crippen LogP contribution in [0.1, 0.15) is 6.92 Å². The molecule has 0 radical (unpaired) electrons. The van der Waals surface area contributed by atoms with Gasteiger partial charge in [-0.1, -0.05) is 0 Å². The molecule has 1 heterocycles. The molecule has 92 valence electrons. The van der Waals surface area contributed by atoms with Gasteiger partial charge in [-0.05, 0) is 6.92 Å². The van der Waals surface area contributed by atoms with Gasteiger partial charge in [0, 0.05) is 39.3 Å². The van der Waals surface area contributed by atoms with Crippen molar-refractivity contribution < 1.29 is 14.3 Å². The fourth-order valence-electron chi connectivity index (χ4n) is 1.47. The summed E-state index contributed by atoms with van der Waals surface area (Å²) in [5, 5.41) is 5.66. The second kappa shape index (κ2) is 7.19. The van der Waals surface area contributed by atoms with Crippen molar-refractivity contribution in [1.82, 2.24) is 15.5 Å². The number of ether oxygens (including phenoxy) is 1. The van der Waals surface area contributed by atoms with Crippen molar-refractivity contribution in [3.63, 3.8) is 0 Å². The van der Waals surface area contributed by atoms with Crippen LogP contribution in [0.5, 0.6) is 0 Å². The van der Waals surface area contributed by atoms with Gasteiger partial charge in [-0.15, -0.1) is 0 Å². The first kappa shape index (κ1) is 12.9. The van der Waals surface area contributed by atoms with Crippen LogP contribution in [0.3, 0.4) is 0 Å². The summed E-state index contributed by atoms with van der Waals surface area (Å²) in [5.41, 5.74) is 0. The van der Waals surface area contributed by atoms with E-state index in [0.29, 0.717) is 32.8 Å². The highest BCUT2D eigenvalue weighted by Crippen LogP contribution is 1.93. The van der Waals surface area contributed by atoms with Crippen LogP contribution >= 0.6 is 0 Å². The molecular weight excluding hydrogens is 210 g/mol. The van der Waals surface area contributed by atoms with Gasteiger partial charge >= 0.3 is 11.8 Å². The lowest BCUT2D eigenvalue weighted by Crippen LogP contribution is -2.51. The summed E-state index contributed by atoms with van der Waals surface area (Å²) in [6, 6.07) is 0. The first-order chi connectivity index (χ1) is 7.75. The maximum Gasteiger partial charge on any atom is 0.311 e. The molecule has 1 aliphatic heterocycles. The Labute approximate surface area is 95.3 Å².